The minimum atomic E-state index is -4.21. The summed E-state index contributed by atoms with van der Waals surface area (Å²) >= 11 is 0. The van der Waals surface area contributed by atoms with E-state index in [1.54, 1.807) is 12.1 Å². The first-order valence-corrected chi connectivity index (χ1v) is 4.53. The molecule has 5 heteroatoms. The highest BCUT2D eigenvalue weighted by molar-refractivity contribution is 7.95. The first-order chi connectivity index (χ1) is 5.52. The summed E-state index contributed by atoms with van der Waals surface area (Å²) in [6.45, 7) is 3.20. The number of rotatable bonds is 2. The van der Waals surface area contributed by atoms with Crippen LogP contribution in [0.15, 0.2) is 31.0 Å². The Morgan fingerprint density at radius 1 is 1.50 bits per heavy atom. The van der Waals surface area contributed by atoms with Gasteiger partial charge in [-0.3, -0.25) is 9.54 Å². The average molecular weight is 185 g/mol. The topological polar surface area (TPSA) is 67.3 Å². The molecule has 1 aromatic heterocycles. The fourth-order valence-electron chi connectivity index (χ4n) is 0.660. The van der Waals surface area contributed by atoms with E-state index in [-0.39, 0.29) is 10.6 Å². The summed E-state index contributed by atoms with van der Waals surface area (Å²) in [6, 6.07) is 4.70. The van der Waals surface area contributed by atoms with Crippen molar-refractivity contribution in [1.29, 1.82) is 0 Å². The van der Waals surface area contributed by atoms with Gasteiger partial charge in [-0.15, -0.1) is 0 Å². The van der Waals surface area contributed by atoms with E-state index in [4.69, 9.17) is 4.55 Å². The van der Waals surface area contributed by atoms with E-state index in [1.165, 1.54) is 12.3 Å². The van der Waals surface area contributed by atoms with Gasteiger partial charge in [0.05, 0.1) is 5.69 Å². The van der Waals surface area contributed by atoms with E-state index in [1.807, 2.05) is 0 Å². The highest BCUT2D eigenvalue weighted by Crippen LogP contribution is 2.13. The van der Waals surface area contributed by atoms with Crippen molar-refractivity contribution in [3.8, 4) is 0 Å². The smallest absolute Gasteiger partial charge is 0.282 e. The summed E-state index contributed by atoms with van der Waals surface area (Å²) in [5.74, 6) is 0. The lowest BCUT2D eigenvalue weighted by molar-refractivity contribution is 0.496. The minimum absolute atomic E-state index is 0.153. The zero-order chi connectivity index (χ0) is 9.19. The Hall–Kier alpha value is -1.20. The molecule has 0 bridgehead atoms. The molecule has 4 nitrogen and oxygen atoms in total. The summed E-state index contributed by atoms with van der Waals surface area (Å²) < 4.78 is 29.7. The molecule has 0 aliphatic carbocycles. The van der Waals surface area contributed by atoms with Crippen molar-refractivity contribution in [3.63, 3.8) is 0 Å². The summed E-state index contributed by atoms with van der Waals surface area (Å²) in [5.41, 5.74) is 0.153. The van der Waals surface area contributed by atoms with E-state index in [9.17, 15) is 8.42 Å². The molecule has 0 aliphatic heterocycles. The maximum Gasteiger partial charge on any atom is 0.296 e. The minimum Gasteiger partial charge on any atom is -0.282 e. The van der Waals surface area contributed by atoms with Crippen LogP contribution in [0.25, 0.3) is 4.91 Å². The Morgan fingerprint density at radius 3 is 2.58 bits per heavy atom. The molecule has 1 rings (SSSR count). The van der Waals surface area contributed by atoms with Gasteiger partial charge in [-0.1, -0.05) is 12.6 Å². The van der Waals surface area contributed by atoms with Gasteiger partial charge in [0, 0.05) is 6.20 Å². The van der Waals surface area contributed by atoms with Gasteiger partial charge >= 0.3 is 0 Å². The number of nitrogens with zero attached hydrogens (tertiary/aromatic N) is 1. The Bertz CT molecular complexity index is 382. The molecular weight excluding hydrogens is 178 g/mol. The zero-order valence-corrected chi connectivity index (χ0v) is 6.95. The number of pyridine rings is 1. The predicted molar refractivity (Wildman–Crippen MR) is 44.8 cm³/mol. The van der Waals surface area contributed by atoms with Gasteiger partial charge in [0.25, 0.3) is 10.1 Å². The third-order valence-electron chi connectivity index (χ3n) is 1.26. The van der Waals surface area contributed by atoms with Gasteiger partial charge < -0.3 is 0 Å². The lowest BCUT2D eigenvalue weighted by Crippen LogP contribution is -2.00. The van der Waals surface area contributed by atoms with Gasteiger partial charge in [0.15, 0.2) is 0 Å². The standard InChI is InChI=1S/C7H7NO3S/c1-6(12(9,10)11)7-4-2-3-5-8-7/h2-5H,1H2,(H,9,10,11). The SMILES string of the molecule is C=C(c1ccccn1)S(=O)(=O)O. The zero-order valence-electron chi connectivity index (χ0n) is 6.14. The van der Waals surface area contributed by atoms with Crippen molar-refractivity contribution in [3.05, 3.63) is 36.7 Å². The van der Waals surface area contributed by atoms with E-state index in [0.29, 0.717) is 0 Å². The van der Waals surface area contributed by atoms with E-state index < -0.39 is 10.1 Å². The van der Waals surface area contributed by atoms with Crippen LogP contribution >= 0.6 is 0 Å². The lowest BCUT2D eigenvalue weighted by Gasteiger charge is -1.98. The van der Waals surface area contributed by atoms with Crippen LogP contribution in [0.3, 0.4) is 0 Å². The number of aromatic nitrogens is 1. The summed E-state index contributed by atoms with van der Waals surface area (Å²) in [6.07, 6.45) is 1.42. The van der Waals surface area contributed by atoms with Crippen molar-refractivity contribution < 1.29 is 13.0 Å². The normalized spacial score (nSPS) is 11.1. The first kappa shape index (κ1) is 8.89. The molecule has 64 valence electrons. The van der Waals surface area contributed by atoms with E-state index >= 15 is 0 Å². The van der Waals surface area contributed by atoms with Gasteiger partial charge in [0.1, 0.15) is 4.91 Å². The Balaban J connectivity index is 3.11. The van der Waals surface area contributed by atoms with Crippen LogP contribution in [0.4, 0.5) is 0 Å². The van der Waals surface area contributed by atoms with E-state index in [2.05, 4.69) is 11.6 Å². The van der Waals surface area contributed by atoms with Crippen molar-refractivity contribution in [2.75, 3.05) is 0 Å². The van der Waals surface area contributed by atoms with Crippen LogP contribution in [0.2, 0.25) is 0 Å². The highest BCUT2D eigenvalue weighted by Gasteiger charge is 2.13. The molecule has 0 spiro atoms. The molecule has 1 heterocycles. The Kier molecular flexibility index (Phi) is 2.25. The molecule has 0 aromatic carbocycles. The first-order valence-electron chi connectivity index (χ1n) is 3.09. The number of hydrogen-bond acceptors (Lipinski definition) is 3. The molecular formula is C7H7NO3S. The predicted octanol–water partition coefficient (Wildman–Crippen LogP) is 0.940. The second-order valence-electron chi connectivity index (χ2n) is 2.11. The maximum absolute atomic E-state index is 10.5. The van der Waals surface area contributed by atoms with Crippen LogP contribution in [0.1, 0.15) is 5.69 Å². The summed E-state index contributed by atoms with van der Waals surface area (Å²) in [7, 11) is -4.21. The molecule has 0 radical (unpaired) electrons. The van der Waals surface area contributed by atoms with Crippen molar-refractivity contribution in [2.24, 2.45) is 0 Å². The molecule has 0 saturated heterocycles. The van der Waals surface area contributed by atoms with Crippen molar-refractivity contribution >= 4 is 15.0 Å². The van der Waals surface area contributed by atoms with Gasteiger partial charge in [0.2, 0.25) is 0 Å². The molecule has 0 saturated carbocycles. The van der Waals surface area contributed by atoms with Crippen LogP contribution in [-0.2, 0) is 10.1 Å². The molecule has 12 heavy (non-hydrogen) atoms. The van der Waals surface area contributed by atoms with Crippen molar-refractivity contribution in [1.82, 2.24) is 4.98 Å². The lowest BCUT2D eigenvalue weighted by atomic mass is 10.3. The molecule has 1 aromatic rings. The quantitative estimate of drug-likeness (QED) is 0.696. The van der Waals surface area contributed by atoms with E-state index in [0.717, 1.165) is 0 Å². The number of hydrogen-bond donors (Lipinski definition) is 1. The molecule has 0 unspecified atom stereocenters. The average Bonchev–Trinajstić information content (AvgIpc) is 2.03. The maximum atomic E-state index is 10.5. The summed E-state index contributed by atoms with van der Waals surface area (Å²) in [5, 5.41) is 0. The summed E-state index contributed by atoms with van der Waals surface area (Å²) in [4.78, 5) is 3.32. The molecule has 0 amide bonds. The third-order valence-corrected chi connectivity index (χ3v) is 2.09. The van der Waals surface area contributed by atoms with Crippen molar-refractivity contribution in [2.45, 2.75) is 0 Å². The van der Waals surface area contributed by atoms with Gasteiger partial charge in [-0.25, -0.2) is 0 Å². The van der Waals surface area contributed by atoms with Crippen LogP contribution < -0.4 is 0 Å². The second-order valence-corrected chi connectivity index (χ2v) is 3.56. The molecule has 1 N–H and O–H groups in total. The van der Waals surface area contributed by atoms with Crippen LogP contribution in [-0.4, -0.2) is 18.0 Å². The Morgan fingerprint density at radius 2 is 2.17 bits per heavy atom. The molecule has 0 fully saturated rings. The fourth-order valence-corrected chi connectivity index (χ4v) is 1.04. The largest absolute Gasteiger partial charge is 0.296 e. The fraction of sp³-hybridized carbons (Fsp3) is 0. The second kappa shape index (κ2) is 3.04. The monoisotopic (exact) mass is 185 g/mol. The third kappa shape index (κ3) is 1.90. The van der Waals surface area contributed by atoms with Crippen LogP contribution in [0, 0.1) is 0 Å². The Labute approximate surface area is 70.3 Å². The van der Waals surface area contributed by atoms with Gasteiger partial charge in [-0.05, 0) is 12.1 Å². The molecule has 0 aliphatic rings. The van der Waals surface area contributed by atoms with Gasteiger partial charge in [-0.2, -0.15) is 8.42 Å². The van der Waals surface area contributed by atoms with Crippen LogP contribution in [0.5, 0.6) is 0 Å². The highest BCUT2D eigenvalue weighted by atomic mass is 32.2. The molecule has 0 atom stereocenters.